The lowest BCUT2D eigenvalue weighted by molar-refractivity contribution is -0.132. The minimum atomic E-state index is -0.233. The molecule has 32 heavy (non-hydrogen) atoms. The monoisotopic (exact) mass is 449 g/mol. The van der Waals surface area contributed by atoms with E-state index in [2.05, 4.69) is 15.3 Å². The Labute approximate surface area is 191 Å². The van der Waals surface area contributed by atoms with E-state index in [9.17, 15) is 9.59 Å². The molecule has 3 heterocycles. The molecule has 0 spiro atoms. The standard InChI is InChI=1S/C24H24ClN5O2/c25-19-6-1-4-17(12-19)13-20-15-27-16-21(29-20)22-7-3-11-30(22)23(31)8-10-28-24(32)18-5-2-9-26-14-18/h1-2,4-6,9,12,14-16,22H,3,7-8,10-11,13H2,(H,28,32)/t22-/m1/s1. The molecule has 0 saturated carbocycles. The Bertz CT molecular complexity index is 1090. The Hall–Kier alpha value is -3.32. The summed E-state index contributed by atoms with van der Waals surface area (Å²) in [7, 11) is 0. The quantitative estimate of drug-likeness (QED) is 0.595. The van der Waals surface area contributed by atoms with Gasteiger partial charge in [0.2, 0.25) is 5.91 Å². The lowest BCUT2D eigenvalue weighted by Gasteiger charge is -2.24. The van der Waals surface area contributed by atoms with E-state index >= 15 is 0 Å². The molecule has 1 N–H and O–H groups in total. The fraction of sp³-hybridized carbons (Fsp3) is 0.292. The van der Waals surface area contributed by atoms with Gasteiger partial charge in [0.05, 0.1) is 29.2 Å². The maximum absolute atomic E-state index is 12.9. The van der Waals surface area contributed by atoms with Crippen molar-refractivity contribution in [3.63, 3.8) is 0 Å². The first kappa shape index (κ1) is 21.9. The van der Waals surface area contributed by atoms with E-state index in [4.69, 9.17) is 16.6 Å². The molecule has 0 radical (unpaired) electrons. The Morgan fingerprint density at radius 1 is 1.12 bits per heavy atom. The number of halogens is 1. The van der Waals surface area contributed by atoms with Gasteiger partial charge in [0.1, 0.15) is 0 Å². The summed E-state index contributed by atoms with van der Waals surface area (Å²) in [6, 6.07) is 11.0. The summed E-state index contributed by atoms with van der Waals surface area (Å²) in [5, 5.41) is 3.47. The Morgan fingerprint density at radius 3 is 2.84 bits per heavy atom. The van der Waals surface area contributed by atoms with Gasteiger partial charge in [-0.2, -0.15) is 0 Å². The third-order valence-corrected chi connectivity index (χ3v) is 5.68. The molecule has 1 atom stereocenters. The van der Waals surface area contributed by atoms with Crippen molar-refractivity contribution in [2.75, 3.05) is 13.1 Å². The van der Waals surface area contributed by atoms with Gasteiger partial charge in [-0.05, 0) is 42.7 Å². The average Bonchev–Trinajstić information content (AvgIpc) is 3.30. The normalized spacial score (nSPS) is 15.5. The minimum Gasteiger partial charge on any atom is -0.351 e. The first-order valence-corrected chi connectivity index (χ1v) is 11.0. The SMILES string of the molecule is O=C(NCCC(=O)N1CCC[C@@H]1c1cncc(Cc2cccc(Cl)c2)n1)c1cccnc1. The van der Waals surface area contributed by atoms with Crippen LogP contribution in [0.2, 0.25) is 5.02 Å². The van der Waals surface area contributed by atoms with Crippen LogP contribution in [0.3, 0.4) is 0 Å². The number of rotatable bonds is 7. The van der Waals surface area contributed by atoms with Gasteiger partial charge in [-0.15, -0.1) is 0 Å². The second-order valence-corrected chi connectivity index (χ2v) is 8.17. The number of likely N-dealkylation sites (tertiary alicyclic amines) is 1. The highest BCUT2D eigenvalue weighted by Gasteiger charge is 2.31. The van der Waals surface area contributed by atoms with Gasteiger partial charge in [-0.25, -0.2) is 0 Å². The average molecular weight is 450 g/mol. The molecular formula is C24H24ClN5O2. The summed E-state index contributed by atoms with van der Waals surface area (Å²) in [5.41, 5.74) is 3.18. The Balaban J connectivity index is 1.36. The van der Waals surface area contributed by atoms with E-state index in [0.29, 0.717) is 23.6 Å². The van der Waals surface area contributed by atoms with Gasteiger partial charge in [-0.3, -0.25) is 24.5 Å². The van der Waals surface area contributed by atoms with Crippen molar-refractivity contribution in [1.82, 2.24) is 25.2 Å². The highest BCUT2D eigenvalue weighted by Crippen LogP contribution is 2.31. The topological polar surface area (TPSA) is 88.1 Å². The Kier molecular flexibility index (Phi) is 7.07. The van der Waals surface area contributed by atoms with E-state index in [1.807, 2.05) is 29.2 Å². The summed E-state index contributed by atoms with van der Waals surface area (Å²) >= 11 is 6.09. The van der Waals surface area contributed by atoms with E-state index < -0.39 is 0 Å². The van der Waals surface area contributed by atoms with Crippen molar-refractivity contribution in [3.8, 4) is 0 Å². The molecule has 1 saturated heterocycles. The molecule has 2 amide bonds. The number of hydrogen-bond donors (Lipinski definition) is 1. The second-order valence-electron chi connectivity index (χ2n) is 7.73. The summed E-state index contributed by atoms with van der Waals surface area (Å²) in [4.78, 5) is 39.9. The molecule has 1 aliphatic rings. The van der Waals surface area contributed by atoms with Crippen LogP contribution >= 0.6 is 11.6 Å². The summed E-state index contributed by atoms with van der Waals surface area (Å²) in [6.07, 6.45) is 9.23. The zero-order valence-electron chi connectivity index (χ0n) is 17.6. The smallest absolute Gasteiger partial charge is 0.252 e. The zero-order chi connectivity index (χ0) is 22.3. The Morgan fingerprint density at radius 2 is 2.03 bits per heavy atom. The van der Waals surface area contributed by atoms with Crippen LogP contribution in [0.1, 0.15) is 52.6 Å². The lowest BCUT2D eigenvalue weighted by Crippen LogP contribution is -2.34. The number of aromatic nitrogens is 3. The van der Waals surface area contributed by atoms with Crippen LogP contribution in [-0.4, -0.2) is 44.8 Å². The van der Waals surface area contributed by atoms with Gasteiger partial charge < -0.3 is 10.2 Å². The first-order chi connectivity index (χ1) is 15.6. The fourth-order valence-corrected chi connectivity index (χ4v) is 4.14. The molecule has 4 rings (SSSR count). The molecule has 0 unspecified atom stereocenters. The molecule has 1 aromatic carbocycles. The molecule has 1 fully saturated rings. The number of pyridine rings is 1. The van der Waals surface area contributed by atoms with Crippen molar-refractivity contribution in [2.45, 2.75) is 31.7 Å². The van der Waals surface area contributed by atoms with Crippen molar-refractivity contribution >= 4 is 23.4 Å². The van der Waals surface area contributed by atoms with Crippen LogP contribution in [0.15, 0.2) is 61.2 Å². The molecular weight excluding hydrogens is 426 g/mol. The molecule has 2 aromatic heterocycles. The molecule has 0 bridgehead atoms. The number of hydrogen-bond acceptors (Lipinski definition) is 5. The van der Waals surface area contributed by atoms with Crippen LogP contribution in [0, 0.1) is 0 Å². The van der Waals surface area contributed by atoms with E-state index in [-0.39, 0.29) is 30.8 Å². The predicted octanol–water partition coefficient (Wildman–Crippen LogP) is 3.60. The first-order valence-electron chi connectivity index (χ1n) is 10.6. The van der Waals surface area contributed by atoms with E-state index in [1.54, 1.807) is 30.7 Å². The van der Waals surface area contributed by atoms with Gasteiger partial charge in [0.15, 0.2) is 0 Å². The predicted molar refractivity (Wildman–Crippen MR) is 121 cm³/mol. The maximum atomic E-state index is 12.9. The number of carbonyl (C=O) groups is 2. The zero-order valence-corrected chi connectivity index (χ0v) is 18.3. The molecule has 1 aliphatic heterocycles. The van der Waals surface area contributed by atoms with Crippen LogP contribution in [0.4, 0.5) is 0 Å². The van der Waals surface area contributed by atoms with Crippen molar-refractivity contribution in [1.29, 1.82) is 0 Å². The molecule has 3 aromatic rings. The largest absolute Gasteiger partial charge is 0.351 e. The highest BCUT2D eigenvalue weighted by atomic mass is 35.5. The molecule has 0 aliphatic carbocycles. The van der Waals surface area contributed by atoms with E-state index in [0.717, 1.165) is 29.8 Å². The third-order valence-electron chi connectivity index (χ3n) is 5.44. The summed E-state index contributed by atoms with van der Waals surface area (Å²) in [5.74, 6) is -0.232. The van der Waals surface area contributed by atoms with Crippen molar-refractivity contribution < 1.29 is 9.59 Å². The summed E-state index contributed by atoms with van der Waals surface area (Å²) < 4.78 is 0. The number of nitrogens with zero attached hydrogens (tertiary/aromatic N) is 4. The van der Waals surface area contributed by atoms with Crippen molar-refractivity contribution in [2.24, 2.45) is 0 Å². The van der Waals surface area contributed by atoms with Crippen LogP contribution in [0.5, 0.6) is 0 Å². The van der Waals surface area contributed by atoms with Crippen LogP contribution < -0.4 is 5.32 Å². The van der Waals surface area contributed by atoms with Crippen LogP contribution in [-0.2, 0) is 11.2 Å². The van der Waals surface area contributed by atoms with Crippen LogP contribution in [0.25, 0.3) is 0 Å². The number of benzene rings is 1. The minimum absolute atomic E-state index is 0.000955. The maximum Gasteiger partial charge on any atom is 0.252 e. The molecule has 164 valence electrons. The van der Waals surface area contributed by atoms with Crippen molar-refractivity contribution in [3.05, 3.63) is 88.7 Å². The highest BCUT2D eigenvalue weighted by molar-refractivity contribution is 6.30. The van der Waals surface area contributed by atoms with Gasteiger partial charge in [0, 0.05) is 49.5 Å². The lowest BCUT2D eigenvalue weighted by atomic mass is 10.1. The van der Waals surface area contributed by atoms with Gasteiger partial charge in [0.25, 0.3) is 5.91 Å². The second kappa shape index (κ2) is 10.3. The van der Waals surface area contributed by atoms with Gasteiger partial charge >= 0.3 is 0 Å². The fourth-order valence-electron chi connectivity index (χ4n) is 3.92. The third kappa shape index (κ3) is 5.48. The number of carbonyl (C=O) groups excluding carboxylic acids is 2. The number of nitrogens with one attached hydrogen (secondary N) is 1. The number of amides is 2. The molecule has 7 nitrogen and oxygen atoms in total. The molecule has 8 heteroatoms. The van der Waals surface area contributed by atoms with Gasteiger partial charge in [-0.1, -0.05) is 23.7 Å². The van der Waals surface area contributed by atoms with E-state index in [1.165, 1.54) is 6.20 Å². The summed E-state index contributed by atoms with van der Waals surface area (Å²) in [6.45, 7) is 0.955.